The van der Waals surface area contributed by atoms with Crippen molar-refractivity contribution in [3.63, 3.8) is 0 Å². The molecule has 0 radical (unpaired) electrons. The molecule has 1 aliphatic heterocycles. The van der Waals surface area contributed by atoms with Crippen LogP contribution in [0.5, 0.6) is 0 Å². The van der Waals surface area contributed by atoms with E-state index in [4.69, 9.17) is 17.3 Å². The molecule has 0 aromatic heterocycles. The third kappa shape index (κ3) is 4.28. The van der Waals surface area contributed by atoms with Crippen LogP contribution in [0.4, 0.5) is 18.9 Å². The number of halogens is 4. The Morgan fingerprint density at radius 1 is 1.32 bits per heavy atom. The van der Waals surface area contributed by atoms with Crippen LogP contribution in [0.15, 0.2) is 24.3 Å². The molecular weight excluding hydrogens is 277 g/mol. The summed E-state index contributed by atoms with van der Waals surface area (Å²) in [4.78, 5) is 1.89. The van der Waals surface area contributed by atoms with Gasteiger partial charge in [0.1, 0.15) is 0 Å². The number of hydrogen-bond donors (Lipinski definition) is 1. The first kappa shape index (κ1) is 14.5. The summed E-state index contributed by atoms with van der Waals surface area (Å²) < 4.78 is 37.4. The van der Waals surface area contributed by atoms with Crippen LogP contribution < -0.4 is 10.6 Å². The highest BCUT2D eigenvalue weighted by Crippen LogP contribution is 2.32. The van der Waals surface area contributed by atoms with Gasteiger partial charge in [0.25, 0.3) is 0 Å². The normalized spacial score (nSPS) is 24.6. The maximum Gasteiger partial charge on any atom is 0.389 e. The highest BCUT2D eigenvalue weighted by molar-refractivity contribution is 6.30. The second-order valence-electron chi connectivity index (χ2n) is 5.07. The molecule has 2 unspecified atom stereocenters. The minimum atomic E-state index is -4.14. The molecule has 106 valence electrons. The van der Waals surface area contributed by atoms with E-state index >= 15 is 0 Å². The monoisotopic (exact) mass is 292 g/mol. The molecule has 0 aliphatic carbocycles. The first-order chi connectivity index (χ1) is 8.83. The van der Waals surface area contributed by atoms with Crippen LogP contribution in [-0.2, 0) is 0 Å². The number of rotatable bonds is 2. The van der Waals surface area contributed by atoms with Crippen molar-refractivity contribution in [2.75, 3.05) is 18.0 Å². The zero-order valence-corrected chi connectivity index (χ0v) is 11.1. The third-order valence-corrected chi connectivity index (χ3v) is 3.50. The van der Waals surface area contributed by atoms with Crippen LogP contribution >= 0.6 is 11.6 Å². The molecule has 19 heavy (non-hydrogen) atoms. The van der Waals surface area contributed by atoms with Gasteiger partial charge < -0.3 is 10.6 Å². The number of nitrogens with zero attached hydrogens (tertiary/aromatic N) is 1. The van der Waals surface area contributed by atoms with Crippen LogP contribution in [0.3, 0.4) is 0 Å². The summed E-state index contributed by atoms with van der Waals surface area (Å²) in [7, 11) is 0. The fourth-order valence-corrected chi connectivity index (χ4v) is 2.79. The Hall–Kier alpha value is -0.940. The lowest BCUT2D eigenvalue weighted by atomic mass is 9.91. The second-order valence-corrected chi connectivity index (χ2v) is 5.50. The Kier molecular flexibility index (Phi) is 4.26. The number of benzene rings is 1. The molecule has 1 heterocycles. The molecule has 2 rings (SSSR count). The van der Waals surface area contributed by atoms with Crippen molar-refractivity contribution in [2.45, 2.75) is 25.1 Å². The Bertz CT molecular complexity index is 436. The quantitative estimate of drug-likeness (QED) is 0.905. The molecule has 0 saturated carbocycles. The average molecular weight is 293 g/mol. The zero-order chi connectivity index (χ0) is 14.0. The lowest BCUT2D eigenvalue weighted by Crippen LogP contribution is -2.48. The topological polar surface area (TPSA) is 29.3 Å². The minimum Gasteiger partial charge on any atom is -0.370 e. The van der Waals surface area contributed by atoms with Crippen molar-refractivity contribution < 1.29 is 13.2 Å². The van der Waals surface area contributed by atoms with E-state index in [1.54, 1.807) is 18.2 Å². The maximum absolute atomic E-state index is 12.5. The van der Waals surface area contributed by atoms with Gasteiger partial charge in [0.2, 0.25) is 0 Å². The number of alkyl halides is 3. The van der Waals surface area contributed by atoms with Crippen LogP contribution in [0.1, 0.15) is 12.8 Å². The number of nitrogens with two attached hydrogens (primary N) is 1. The number of anilines is 1. The van der Waals surface area contributed by atoms with Crippen molar-refractivity contribution in [1.29, 1.82) is 0 Å². The summed E-state index contributed by atoms with van der Waals surface area (Å²) in [6.07, 6.45) is -4.50. The summed E-state index contributed by atoms with van der Waals surface area (Å²) in [5.74, 6) is -0.456. The van der Waals surface area contributed by atoms with Gasteiger partial charge in [0.15, 0.2) is 0 Å². The van der Waals surface area contributed by atoms with E-state index in [1.807, 2.05) is 11.0 Å². The average Bonchev–Trinajstić information content (AvgIpc) is 2.25. The van der Waals surface area contributed by atoms with E-state index in [9.17, 15) is 13.2 Å². The Labute approximate surface area is 115 Å². The molecule has 0 spiro atoms. The van der Waals surface area contributed by atoms with Crippen molar-refractivity contribution in [2.24, 2.45) is 11.7 Å². The number of piperidine rings is 1. The van der Waals surface area contributed by atoms with E-state index in [1.165, 1.54) is 0 Å². The van der Waals surface area contributed by atoms with E-state index in [2.05, 4.69) is 0 Å². The molecule has 1 saturated heterocycles. The molecule has 1 aromatic carbocycles. The van der Waals surface area contributed by atoms with Crippen LogP contribution in [0, 0.1) is 5.92 Å². The predicted molar refractivity (Wildman–Crippen MR) is 70.4 cm³/mol. The van der Waals surface area contributed by atoms with Crippen molar-refractivity contribution >= 4 is 17.3 Å². The summed E-state index contributed by atoms with van der Waals surface area (Å²) in [6.45, 7) is 0.933. The van der Waals surface area contributed by atoms with Gasteiger partial charge in [-0.1, -0.05) is 17.7 Å². The zero-order valence-electron chi connectivity index (χ0n) is 10.3. The SMILES string of the molecule is NC1CC(CC(F)(F)F)CN(c2cccc(Cl)c2)C1. The van der Waals surface area contributed by atoms with Gasteiger partial charge in [-0.15, -0.1) is 0 Å². The highest BCUT2D eigenvalue weighted by atomic mass is 35.5. The Morgan fingerprint density at radius 2 is 2.05 bits per heavy atom. The predicted octanol–water partition coefficient (Wildman–Crippen LogP) is 3.45. The third-order valence-electron chi connectivity index (χ3n) is 3.26. The highest BCUT2D eigenvalue weighted by Gasteiger charge is 2.35. The van der Waals surface area contributed by atoms with E-state index in [-0.39, 0.29) is 6.04 Å². The summed E-state index contributed by atoms with van der Waals surface area (Å²) >= 11 is 5.91. The fraction of sp³-hybridized carbons (Fsp3) is 0.538. The smallest absolute Gasteiger partial charge is 0.370 e. The standard InChI is InChI=1S/C13H16ClF3N2/c14-10-2-1-3-12(5-10)19-7-9(4-11(18)8-19)6-13(15,16)17/h1-3,5,9,11H,4,6-8,18H2. The van der Waals surface area contributed by atoms with E-state index in [0.717, 1.165) is 5.69 Å². The van der Waals surface area contributed by atoms with E-state index < -0.39 is 18.5 Å². The molecule has 6 heteroatoms. The Morgan fingerprint density at radius 3 is 2.68 bits per heavy atom. The first-order valence-electron chi connectivity index (χ1n) is 6.16. The Balaban J connectivity index is 2.09. The summed E-state index contributed by atoms with van der Waals surface area (Å²) in [6, 6.07) is 6.89. The number of hydrogen-bond acceptors (Lipinski definition) is 2. The fourth-order valence-electron chi connectivity index (χ4n) is 2.61. The van der Waals surface area contributed by atoms with Crippen molar-refractivity contribution in [3.8, 4) is 0 Å². The second kappa shape index (κ2) is 5.59. The molecule has 2 atom stereocenters. The van der Waals surface area contributed by atoms with Gasteiger partial charge in [0.05, 0.1) is 0 Å². The van der Waals surface area contributed by atoms with Crippen LogP contribution in [0.2, 0.25) is 5.02 Å². The lowest BCUT2D eigenvalue weighted by Gasteiger charge is -2.38. The molecule has 1 aliphatic rings. The molecule has 0 amide bonds. The van der Waals surface area contributed by atoms with Gasteiger partial charge in [-0.25, -0.2) is 0 Å². The van der Waals surface area contributed by atoms with Crippen LogP contribution in [0.25, 0.3) is 0 Å². The largest absolute Gasteiger partial charge is 0.389 e. The van der Waals surface area contributed by atoms with Gasteiger partial charge in [-0.3, -0.25) is 0 Å². The van der Waals surface area contributed by atoms with Gasteiger partial charge in [0, 0.05) is 36.3 Å². The molecule has 2 nitrogen and oxygen atoms in total. The summed E-state index contributed by atoms with van der Waals surface area (Å²) in [5.41, 5.74) is 6.70. The molecule has 1 fully saturated rings. The van der Waals surface area contributed by atoms with Gasteiger partial charge in [-0.05, 0) is 30.5 Å². The molecular formula is C13H16ClF3N2. The maximum atomic E-state index is 12.5. The van der Waals surface area contributed by atoms with Gasteiger partial charge >= 0.3 is 6.18 Å². The minimum absolute atomic E-state index is 0.236. The lowest BCUT2D eigenvalue weighted by molar-refractivity contribution is -0.145. The summed E-state index contributed by atoms with van der Waals surface area (Å²) in [5, 5.41) is 0.573. The molecule has 1 aromatic rings. The van der Waals surface area contributed by atoms with E-state index in [0.29, 0.717) is 24.5 Å². The van der Waals surface area contributed by atoms with Gasteiger partial charge in [-0.2, -0.15) is 13.2 Å². The van der Waals surface area contributed by atoms with Crippen molar-refractivity contribution in [1.82, 2.24) is 0 Å². The molecule has 0 bridgehead atoms. The molecule has 2 N–H and O–H groups in total. The van der Waals surface area contributed by atoms with Crippen molar-refractivity contribution in [3.05, 3.63) is 29.3 Å². The van der Waals surface area contributed by atoms with Crippen LogP contribution in [-0.4, -0.2) is 25.3 Å². The first-order valence-corrected chi connectivity index (χ1v) is 6.54.